The van der Waals surface area contributed by atoms with Crippen LogP contribution in [0.2, 0.25) is 0 Å². The molecule has 2 unspecified atom stereocenters. The molecule has 114 valence electrons. The molecule has 0 amide bonds. The highest BCUT2D eigenvalue weighted by molar-refractivity contribution is 5.25. The van der Waals surface area contributed by atoms with E-state index in [1.807, 2.05) is 10.9 Å². The van der Waals surface area contributed by atoms with E-state index in [-0.39, 0.29) is 6.61 Å². The van der Waals surface area contributed by atoms with Crippen molar-refractivity contribution in [2.24, 2.45) is 5.92 Å². The van der Waals surface area contributed by atoms with Crippen LogP contribution in [0.25, 0.3) is 0 Å². The maximum atomic E-state index is 9.10. The molecule has 0 saturated heterocycles. The standard InChI is InChI=1S/C16H29N3O/c1-12(2)7-8-13(3)18-15-5-4-6-16-14(15)11-17-19(16)9-10-20/h11-13,15,18,20H,4-10H2,1-3H3. The maximum absolute atomic E-state index is 9.10. The first-order valence-corrected chi connectivity index (χ1v) is 8.03. The molecule has 1 heterocycles. The van der Waals surface area contributed by atoms with E-state index in [0.717, 1.165) is 12.3 Å². The maximum Gasteiger partial charge on any atom is 0.0644 e. The summed E-state index contributed by atoms with van der Waals surface area (Å²) in [5.74, 6) is 0.772. The van der Waals surface area contributed by atoms with Gasteiger partial charge < -0.3 is 10.4 Å². The lowest BCUT2D eigenvalue weighted by Crippen LogP contribution is -2.33. The van der Waals surface area contributed by atoms with E-state index in [1.54, 1.807) is 0 Å². The zero-order valence-corrected chi connectivity index (χ0v) is 13.1. The molecular weight excluding hydrogens is 250 g/mol. The number of aliphatic hydroxyl groups excluding tert-OH is 1. The summed E-state index contributed by atoms with van der Waals surface area (Å²) in [5.41, 5.74) is 2.67. The van der Waals surface area contributed by atoms with Crippen LogP contribution < -0.4 is 5.32 Å². The van der Waals surface area contributed by atoms with Crippen LogP contribution in [0.1, 0.15) is 63.8 Å². The van der Waals surface area contributed by atoms with Gasteiger partial charge in [-0.2, -0.15) is 5.10 Å². The van der Waals surface area contributed by atoms with Gasteiger partial charge in [-0.25, -0.2) is 0 Å². The van der Waals surface area contributed by atoms with Gasteiger partial charge in [-0.3, -0.25) is 4.68 Å². The Kier molecular flexibility index (Phi) is 5.61. The van der Waals surface area contributed by atoms with Gasteiger partial charge in [-0.15, -0.1) is 0 Å². The van der Waals surface area contributed by atoms with Gasteiger partial charge in [-0.1, -0.05) is 13.8 Å². The molecule has 0 radical (unpaired) electrons. The van der Waals surface area contributed by atoms with Gasteiger partial charge in [0.25, 0.3) is 0 Å². The summed E-state index contributed by atoms with van der Waals surface area (Å²) in [5, 5.41) is 17.3. The van der Waals surface area contributed by atoms with Crippen LogP contribution in [0.4, 0.5) is 0 Å². The molecule has 2 rings (SSSR count). The normalized spacial score (nSPS) is 20.1. The van der Waals surface area contributed by atoms with E-state index in [4.69, 9.17) is 5.11 Å². The lowest BCUT2D eigenvalue weighted by molar-refractivity contribution is 0.266. The third-order valence-corrected chi connectivity index (χ3v) is 4.24. The molecule has 2 atom stereocenters. The lowest BCUT2D eigenvalue weighted by atomic mass is 9.92. The fraction of sp³-hybridized carbons (Fsp3) is 0.812. The molecule has 4 heteroatoms. The number of rotatable bonds is 7. The molecule has 2 N–H and O–H groups in total. The smallest absolute Gasteiger partial charge is 0.0644 e. The molecule has 1 aromatic rings. The van der Waals surface area contributed by atoms with Crippen LogP contribution in [0.15, 0.2) is 6.20 Å². The molecule has 0 aliphatic heterocycles. The van der Waals surface area contributed by atoms with Crippen molar-refractivity contribution in [2.45, 2.75) is 71.5 Å². The second-order valence-corrected chi connectivity index (χ2v) is 6.48. The highest BCUT2D eigenvalue weighted by atomic mass is 16.3. The van der Waals surface area contributed by atoms with Crippen LogP contribution in [-0.2, 0) is 13.0 Å². The van der Waals surface area contributed by atoms with Crippen molar-refractivity contribution in [1.29, 1.82) is 0 Å². The Morgan fingerprint density at radius 3 is 2.90 bits per heavy atom. The van der Waals surface area contributed by atoms with Gasteiger partial charge in [0.2, 0.25) is 0 Å². The Balaban J connectivity index is 1.98. The molecule has 1 aliphatic carbocycles. The van der Waals surface area contributed by atoms with Crippen LogP contribution in [0, 0.1) is 5.92 Å². The van der Waals surface area contributed by atoms with Crippen molar-refractivity contribution in [2.75, 3.05) is 6.61 Å². The molecule has 0 spiro atoms. The number of hydrogen-bond acceptors (Lipinski definition) is 3. The third-order valence-electron chi connectivity index (χ3n) is 4.24. The van der Waals surface area contributed by atoms with E-state index < -0.39 is 0 Å². The predicted octanol–water partition coefficient (Wildman–Crippen LogP) is 2.67. The van der Waals surface area contributed by atoms with Crippen molar-refractivity contribution in [3.05, 3.63) is 17.5 Å². The molecule has 0 bridgehead atoms. The second kappa shape index (κ2) is 7.23. The van der Waals surface area contributed by atoms with E-state index in [1.165, 1.54) is 36.9 Å². The summed E-state index contributed by atoms with van der Waals surface area (Å²) in [6, 6.07) is 0.989. The van der Waals surface area contributed by atoms with Gasteiger partial charge in [-0.05, 0) is 44.9 Å². The Morgan fingerprint density at radius 1 is 1.40 bits per heavy atom. The molecule has 0 aromatic carbocycles. The summed E-state index contributed by atoms with van der Waals surface area (Å²) in [6.45, 7) is 7.63. The van der Waals surface area contributed by atoms with E-state index in [0.29, 0.717) is 18.6 Å². The average molecular weight is 279 g/mol. The highest BCUT2D eigenvalue weighted by Gasteiger charge is 2.24. The Hall–Kier alpha value is -0.870. The fourth-order valence-electron chi connectivity index (χ4n) is 3.09. The van der Waals surface area contributed by atoms with E-state index >= 15 is 0 Å². The molecule has 0 fully saturated rings. The summed E-state index contributed by atoms with van der Waals surface area (Å²) < 4.78 is 1.97. The average Bonchev–Trinajstić information content (AvgIpc) is 2.82. The van der Waals surface area contributed by atoms with Crippen molar-refractivity contribution in [3.63, 3.8) is 0 Å². The van der Waals surface area contributed by atoms with Crippen molar-refractivity contribution in [3.8, 4) is 0 Å². The first kappa shape index (κ1) is 15.5. The van der Waals surface area contributed by atoms with Crippen molar-refractivity contribution >= 4 is 0 Å². The third kappa shape index (κ3) is 3.83. The van der Waals surface area contributed by atoms with E-state index in [9.17, 15) is 0 Å². The minimum atomic E-state index is 0.164. The van der Waals surface area contributed by atoms with Crippen LogP contribution in [0.3, 0.4) is 0 Å². The predicted molar refractivity (Wildman–Crippen MR) is 81.7 cm³/mol. The topological polar surface area (TPSA) is 50.1 Å². The first-order chi connectivity index (χ1) is 9.61. The molecule has 20 heavy (non-hydrogen) atoms. The number of aliphatic hydroxyl groups is 1. The summed E-state index contributed by atoms with van der Waals surface area (Å²) >= 11 is 0. The van der Waals surface area contributed by atoms with Gasteiger partial charge in [0.1, 0.15) is 0 Å². The second-order valence-electron chi connectivity index (χ2n) is 6.48. The Morgan fingerprint density at radius 2 is 2.20 bits per heavy atom. The highest BCUT2D eigenvalue weighted by Crippen LogP contribution is 2.30. The number of hydrogen-bond donors (Lipinski definition) is 2. The number of nitrogens with one attached hydrogen (secondary N) is 1. The summed E-state index contributed by atoms with van der Waals surface area (Å²) in [6.07, 6.45) is 8.00. The van der Waals surface area contributed by atoms with Crippen molar-refractivity contribution < 1.29 is 5.11 Å². The first-order valence-electron chi connectivity index (χ1n) is 8.03. The summed E-state index contributed by atoms with van der Waals surface area (Å²) in [7, 11) is 0. The quantitative estimate of drug-likeness (QED) is 0.807. The Bertz CT molecular complexity index is 414. The van der Waals surface area contributed by atoms with Crippen molar-refractivity contribution in [1.82, 2.24) is 15.1 Å². The summed E-state index contributed by atoms with van der Waals surface area (Å²) in [4.78, 5) is 0. The minimum Gasteiger partial charge on any atom is -0.394 e. The molecule has 1 aliphatic rings. The fourth-order valence-corrected chi connectivity index (χ4v) is 3.09. The zero-order chi connectivity index (χ0) is 14.5. The number of fused-ring (bicyclic) bond motifs is 1. The molecule has 1 aromatic heterocycles. The molecule has 4 nitrogen and oxygen atoms in total. The number of nitrogens with zero attached hydrogens (tertiary/aromatic N) is 2. The molecular formula is C16H29N3O. The SMILES string of the molecule is CC(C)CCC(C)NC1CCCc2c1cnn2CCO. The lowest BCUT2D eigenvalue weighted by Gasteiger charge is -2.27. The van der Waals surface area contributed by atoms with E-state index in [2.05, 4.69) is 31.2 Å². The largest absolute Gasteiger partial charge is 0.394 e. The zero-order valence-electron chi connectivity index (χ0n) is 13.1. The van der Waals surface area contributed by atoms with Gasteiger partial charge in [0, 0.05) is 23.3 Å². The molecule has 0 saturated carbocycles. The minimum absolute atomic E-state index is 0.164. The van der Waals surface area contributed by atoms with Gasteiger partial charge in [0.05, 0.1) is 19.3 Å². The number of aromatic nitrogens is 2. The van der Waals surface area contributed by atoms with Gasteiger partial charge in [0.15, 0.2) is 0 Å². The Labute approximate surface area is 122 Å². The van der Waals surface area contributed by atoms with Crippen LogP contribution >= 0.6 is 0 Å². The van der Waals surface area contributed by atoms with Crippen LogP contribution in [0.5, 0.6) is 0 Å². The van der Waals surface area contributed by atoms with Gasteiger partial charge >= 0.3 is 0 Å². The monoisotopic (exact) mass is 279 g/mol. The van der Waals surface area contributed by atoms with Crippen LogP contribution in [-0.4, -0.2) is 27.5 Å².